The first kappa shape index (κ1) is 15.5. The summed E-state index contributed by atoms with van der Waals surface area (Å²) in [6.45, 7) is 0.783. The van der Waals surface area contributed by atoms with E-state index in [1.807, 2.05) is 24.3 Å². The number of hydrogen-bond acceptors (Lipinski definition) is 2. The molecule has 0 atom stereocenters. The first-order valence-electron chi connectivity index (χ1n) is 6.77. The predicted octanol–water partition coefficient (Wildman–Crippen LogP) is 6.05. The van der Waals surface area contributed by atoms with E-state index in [-0.39, 0.29) is 0 Å². The number of nitrogens with one attached hydrogen (secondary N) is 1. The Balaban J connectivity index is 1.86. The van der Waals surface area contributed by atoms with Crippen LogP contribution in [0.3, 0.4) is 0 Å². The molecule has 0 amide bonds. The summed E-state index contributed by atoms with van der Waals surface area (Å²) in [5.74, 6) is 0. The SMILES string of the molecule is Clc1ccc(Cl)c(Sc2cccc(Cl)c2CNC2CC2)c1. The maximum atomic E-state index is 6.36. The average Bonchev–Trinajstić information content (AvgIpc) is 3.26. The van der Waals surface area contributed by atoms with E-state index in [2.05, 4.69) is 11.4 Å². The molecule has 0 bridgehead atoms. The molecule has 0 aromatic heterocycles. The Morgan fingerprint density at radius 3 is 2.57 bits per heavy atom. The van der Waals surface area contributed by atoms with E-state index in [4.69, 9.17) is 34.8 Å². The first-order chi connectivity index (χ1) is 10.1. The van der Waals surface area contributed by atoms with Crippen LogP contribution < -0.4 is 5.32 Å². The summed E-state index contributed by atoms with van der Waals surface area (Å²) in [6, 6.07) is 12.1. The van der Waals surface area contributed by atoms with Crippen LogP contribution in [-0.2, 0) is 6.54 Å². The lowest BCUT2D eigenvalue weighted by atomic mass is 10.2. The summed E-state index contributed by atoms with van der Waals surface area (Å²) >= 11 is 20.3. The minimum atomic E-state index is 0.647. The lowest BCUT2D eigenvalue weighted by Gasteiger charge is -2.13. The molecule has 1 aliphatic rings. The smallest absolute Gasteiger partial charge is 0.0546 e. The molecule has 5 heteroatoms. The van der Waals surface area contributed by atoms with Crippen molar-refractivity contribution in [3.05, 3.63) is 57.0 Å². The van der Waals surface area contributed by atoms with Gasteiger partial charge in [-0.05, 0) is 48.7 Å². The van der Waals surface area contributed by atoms with Gasteiger partial charge in [-0.25, -0.2) is 0 Å². The molecule has 0 unspecified atom stereocenters. The number of hydrogen-bond donors (Lipinski definition) is 1. The van der Waals surface area contributed by atoms with E-state index in [1.165, 1.54) is 12.8 Å². The first-order valence-corrected chi connectivity index (χ1v) is 8.72. The fraction of sp³-hybridized carbons (Fsp3) is 0.250. The third-order valence-corrected chi connectivity index (χ3v) is 5.52. The van der Waals surface area contributed by atoms with Crippen LogP contribution in [0.2, 0.25) is 15.1 Å². The Bertz CT molecular complexity index is 656. The zero-order valence-electron chi connectivity index (χ0n) is 11.2. The minimum absolute atomic E-state index is 0.647. The summed E-state index contributed by atoms with van der Waals surface area (Å²) in [5.41, 5.74) is 1.12. The van der Waals surface area contributed by atoms with Crippen LogP contribution in [0.25, 0.3) is 0 Å². The van der Waals surface area contributed by atoms with Gasteiger partial charge in [0.05, 0.1) is 5.02 Å². The van der Waals surface area contributed by atoms with Crippen molar-refractivity contribution in [3.8, 4) is 0 Å². The largest absolute Gasteiger partial charge is 0.310 e. The third-order valence-electron chi connectivity index (χ3n) is 3.33. The number of benzene rings is 2. The van der Waals surface area contributed by atoms with E-state index in [0.717, 1.165) is 26.9 Å². The van der Waals surface area contributed by atoms with E-state index in [1.54, 1.807) is 17.8 Å². The lowest BCUT2D eigenvalue weighted by Crippen LogP contribution is -2.16. The molecule has 1 fully saturated rings. The molecular weight excluding hydrogens is 345 g/mol. The Morgan fingerprint density at radius 2 is 1.81 bits per heavy atom. The predicted molar refractivity (Wildman–Crippen MR) is 91.9 cm³/mol. The molecule has 0 saturated heterocycles. The van der Waals surface area contributed by atoms with Crippen molar-refractivity contribution in [2.45, 2.75) is 35.2 Å². The van der Waals surface area contributed by atoms with E-state index in [0.29, 0.717) is 16.1 Å². The quantitative estimate of drug-likeness (QED) is 0.698. The van der Waals surface area contributed by atoms with Gasteiger partial charge in [-0.15, -0.1) is 0 Å². The highest BCUT2D eigenvalue weighted by Gasteiger charge is 2.21. The van der Waals surface area contributed by atoms with Crippen LogP contribution in [0, 0.1) is 0 Å². The van der Waals surface area contributed by atoms with E-state index >= 15 is 0 Å². The Labute approximate surface area is 144 Å². The number of halogens is 3. The standard InChI is InChI=1S/C16H14Cl3NS/c17-10-4-7-14(19)16(8-10)21-15-3-1-2-13(18)12(15)9-20-11-5-6-11/h1-4,7-8,11,20H,5-6,9H2. The molecule has 2 aromatic rings. The maximum absolute atomic E-state index is 6.36. The topological polar surface area (TPSA) is 12.0 Å². The molecule has 21 heavy (non-hydrogen) atoms. The summed E-state index contributed by atoms with van der Waals surface area (Å²) in [6.07, 6.45) is 2.51. The molecule has 1 nitrogen and oxygen atoms in total. The normalized spacial score (nSPS) is 14.4. The van der Waals surface area contributed by atoms with Gasteiger partial charge in [0, 0.05) is 32.4 Å². The fourth-order valence-electron chi connectivity index (χ4n) is 2.01. The molecule has 0 heterocycles. The lowest BCUT2D eigenvalue weighted by molar-refractivity contribution is 0.680. The van der Waals surface area contributed by atoms with Gasteiger partial charge in [0.2, 0.25) is 0 Å². The second-order valence-corrected chi connectivity index (χ2v) is 7.38. The van der Waals surface area contributed by atoms with Crippen molar-refractivity contribution in [2.24, 2.45) is 0 Å². The van der Waals surface area contributed by atoms with Crippen LogP contribution in [0.1, 0.15) is 18.4 Å². The van der Waals surface area contributed by atoms with Crippen LogP contribution in [0.15, 0.2) is 46.2 Å². The summed E-state index contributed by atoms with van der Waals surface area (Å²) in [4.78, 5) is 2.05. The Kier molecular flexibility index (Phi) is 5.03. The Morgan fingerprint density at radius 1 is 1.00 bits per heavy atom. The minimum Gasteiger partial charge on any atom is -0.310 e. The van der Waals surface area contributed by atoms with Crippen molar-refractivity contribution in [2.75, 3.05) is 0 Å². The fourth-order valence-corrected chi connectivity index (χ4v) is 3.82. The molecule has 1 aliphatic carbocycles. The van der Waals surface area contributed by atoms with Gasteiger partial charge < -0.3 is 5.32 Å². The van der Waals surface area contributed by atoms with Gasteiger partial charge in [-0.1, -0.05) is 52.6 Å². The second kappa shape index (κ2) is 6.80. The van der Waals surface area contributed by atoms with Crippen molar-refractivity contribution >= 4 is 46.6 Å². The van der Waals surface area contributed by atoms with Gasteiger partial charge in [-0.2, -0.15) is 0 Å². The van der Waals surface area contributed by atoms with Crippen molar-refractivity contribution in [1.29, 1.82) is 0 Å². The molecule has 0 aliphatic heterocycles. The zero-order chi connectivity index (χ0) is 14.8. The van der Waals surface area contributed by atoms with Gasteiger partial charge in [-0.3, -0.25) is 0 Å². The van der Waals surface area contributed by atoms with E-state index < -0.39 is 0 Å². The summed E-state index contributed by atoms with van der Waals surface area (Å²) < 4.78 is 0. The summed E-state index contributed by atoms with van der Waals surface area (Å²) in [5, 5.41) is 5.67. The average molecular weight is 359 g/mol. The molecule has 2 aromatic carbocycles. The van der Waals surface area contributed by atoms with Crippen molar-refractivity contribution in [1.82, 2.24) is 5.32 Å². The van der Waals surface area contributed by atoms with Gasteiger partial charge in [0.1, 0.15) is 0 Å². The molecule has 110 valence electrons. The monoisotopic (exact) mass is 357 g/mol. The number of rotatable bonds is 5. The summed E-state index contributed by atoms with van der Waals surface area (Å²) in [7, 11) is 0. The van der Waals surface area contributed by atoms with Crippen LogP contribution in [0.4, 0.5) is 0 Å². The van der Waals surface area contributed by atoms with Gasteiger partial charge >= 0.3 is 0 Å². The molecule has 3 rings (SSSR count). The van der Waals surface area contributed by atoms with Crippen LogP contribution in [-0.4, -0.2) is 6.04 Å². The zero-order valence-corrected chi connectivity index (χ0v) is 14.3. The van der Waals surface area contributed by atoms with Gasteiger partial charge in [0.25, 0.3) is 0 Å². The van der Waals surface area contributed by atoms with Crippen LogP contribution >= 0.6 is 46.6 Å². The highest BCUT2D eigenvalue weighted by Crippen LogP contribution is 2.38. The molecular formula is C16H14Cl3NS. The maximum Gasteiger partial charge on any atom is 0.0546 e. The molecule has 1 N–H and O–H groups in total. The second-order valence-electron chi connectivity index (χ2n) is 5.05. The third kappa shape index (κ3) is 4.08. The van der Waals surface area contributed by atoms with Gasteiger partial charge in [0.15, 0.2) is 0 Å². The Hall–Kier alpha value is -0.380. The van der Waals surface area contributed by atoms with Crippen molar-refractivity contribution in [3.63, 3.8) is 0 Å². The molecule has 0 radical (unpaired) electrons. The highest BCUT2D eigenvalue weighted by molar-refractivity contribution is 7.99. The molecule has 1 saturated carbocycles. The molecule has 0 spiro atoms. The van der Waals surface area contributed by atoms with E-state index in [9.17, 15) is 0 Å². The van der Waals surface area contributed by atoms with Crippen molar-refractivity contribution < 1.29 is 0 Å². The highest BCUT2D eigenvalue weighted by atomic mass is 35.5. The van der Waals surface area contributed by atoms with Crippen LogP contribution in [0.5, 0.6) is 0 Å².